The van der Waals surface area contributed by atoms with E-state index < -0.39 is 12.0 Å². The lowest BCUT2D eigenvalue weighted by Crippen LogP contribution is -2.47. The first-order valence-electron chi connectivity index (χ1n) is 13.3. The molecule has 2 aliphatic rings. The van der Waals surface area contributed by atoms with Gasteiger partial charge in [0.2, 0.25) is 5.91 Å². The van der Waals surface area contributed by atoms with Crippen LogP contribution in [0.15, 0.2) is 72.8 Å². The number of nitrogens with zero attached hydrogens (tertiary/aromatic N) is 3. The van der Waals surface area contributed by atoms with Crippen molar-refractivity contribution in [3.05, 3.63) is 88.9 Å². The summed E-state index contributed by atoms with van der Waals surface area (Å²) in [5.41, 5.74) is 2.94. The lowest BCUT2D eigenvalue weighted by atomic mass is 9.89. The molecular weight excluding hydrogens is 530 g/mol. The van der Waals surface area contributed by atoms with Crippen LogP contribution in [0.1, 0.15) is 48.7 Å². The number of carbonyl (C=O) groups is 3. The molecule has 2 unspecified atom stereocenters. The number of benzene rings is 3. The van der Waals surface area contributed by atoms with Crippen LogP contribution in [-0.2, 0) is 9.59 Å². The highest BCUT2D eigenvalue weighted by molar-refractivity contribution is 6.30. The molecule has 8 nitrogen and oxygen atoms in total. The first-order chi connectivity index (χ1) is 19.1. The summed E-state index contributed by atoms with van der Waals surface area (Å²) in [6.07, 6.45) is 0.734. The van der Waals surface area contributed by atoms with Crippen molar-refractivity contribution in [1.82, 2.24) is 4.90 Å². The highest BCUT2D eigenvalue weighted by Gasteiger charge is 2.38. The van der Waals surface area contributed by atoms with Gasteiger partial charge >= 0.3 is 5.97 Å². The Kier molecular flexibility index (Phi) is 7.83. The molecular formula is C31H32ClN3O5. The van der Waals surface area contributed by atoms with Gasteiger partial charge in [0, 0.05) is 47.9 Å². The molecule has 0 aromatic heterocycles. The minimum absolute atomic E-state index is 0.0900. The van der Waals surface area contributed by atoms with E-state index in [9.17, 15) is 19.5 Å². The normalized spacial score (nSPS) is 22.4. The number of aliphatic carboxylic acids is 1. The summed E-state index contributed by atoms with van der Waals surface area (Å²) in [7, 11) is 1.77. The van der Waals surface area contributed by atoms with Gasteiger partial charge in [-0.05, 0) is 80.6 Å². The Morgan fingerprint density at radius 2 is 1.65 bits per heavy atom. The van der Waals surface area contributed by atoms with Crippen LogP contribution in [0.2, 0.25) is 5.02 Å². The number of carboxylic acids is 1. The second kappa shape index (κ2) is 11.3. The van der Waals surface area contributed by atoms with E-state index in [1.165, 1.54) is 0 Å². The predicted molar refractivity (Wildman–Crippen MR) is 154 cm³/mol. The van der Waals surface area contributed by atoms with Crippen molar-refractivity contribution in [2.45, 2.75) is 50.9 Å². The molecule has 40 heavy (non-hydrogen) atoms. The number of fused-ring (bicyclic) bond motifs is 1. The molecule has 0 spiro atoms. The standard InChI is InChI=1S/C31H32ClN3O5/c1-19-16-28(35(20(2)36)23-12-10-22(32)11-13-23)26-6-4-5-7-27(26)34(19)30(37)21-8-14-24(15-9-21)40-25-17-29(31(38)39)33(3)18-25/h4-15,19,25,28-29H,16-18H2,1-3H3,(H,38,39)/t19-,25?,28+,29?/m0/s1. The molecule has 0 bridgehead atoms. The van der Waals surface area contributed by atoms with Crippen molar-refractivity contribution in [2.24, 2.45) is 0 Å². The van der Waals surface area contributed by atoms with Crippen LogP contribution >= 0.6 is 11.6 Å². The molecule has 0 saturated carbocycles. The topological polar surface area (TPSA) is 90.4 Å². The SMILES string of the molecule is CC(=O)N(c1ccc(Cl)cc1)[C@@H]1C[C@H](C)N(C(=O)c2ccc(OC3CC(C(=O)O)N(C)C3)cc2)c2ccccc21. The Labute approximate surface area is 238 Å². The van der Waals surface area contributed by atoms with Gasteiger partial charge in [-0.25, -0.2) is 0 Å². The molecule has 208 valence electrons. The predicted octanol–water partition coefficient (Wildman–Crippen LogP) is 5.41. The molecule has 5 rings (SSSR count). The second-order valence-electron chi connectivity index (χ2n) is 10.5. The van der Waals surface area contributed by atoms with Crippen molar-refractivity contribution in [3.63, 3.8) is 0 Å². The van der Waals surface area contributed by atoms with Crippen LogP contribution in [0.4, 0.5) is 11.4 Å². The minimum Gasteiger partial charge on any atom is -0.489 e. The Balaban J connectivity index is 1.38. The number of ether oxygens (including phenoxy) is 1. The van der Waals surface area contributed by atoms with E-state index in [1.807, 2.05) is 43.3 Å². The van der Waals surface area contributed by atoms with Crippen LogP contribution in [0.5, 0.6) is 5.75 Å². The van der Waals surface area contributed by atoms with Crippen LogP contribution in [0.25, 0.3) is 0 Å². The van der Waals surface area contributed by atoms with Crippen molar-refractivity contribution in [1.29, 1.82) is 0 Å². The average molecular weight is 562 g/mol. The summed E-state index contributed by atoms with van der Waals surface area (Å²) in [6.45, 7) is 4.07. The van der Waals surface area contributed by atoms with E-state index in [0.717, 1.165) is 16.9 Å². The lowest BCUT2D eigenvalue weighted by molar-refractivity contribution is -0.141. The smallest absolute Gasteiger partial charge is 0.321 e. The molecule has 2 aliphatic heterocycles. The number of hydrogen-bond acceptors (Lipinski definition) is 5. The molecule has 0 radical (unpaired) electrons. The van der Waals surface area contributed by atoms with Crippen molar-refractivity contribution in [3.8, 4) is 5.75 Å². The van der Waals surface area contributed by atoms with Gasteiger partial charge in [0.25, 0.3) is 5.91 Å². The number of halogens is 1. The third-order valence-corrected chi connectivity index (χ3v) is 7.99. The van der Waals surface area contributed by atoms with Crippen LogP contribution in [0, 0.1) is 0 Å². The number of likely N-dealkylation sites (tertiary alicyclic amines) is 1. The van der Waals surface area contributed by atoms with Crippen LogP contribution in [0.3, 0.4) is 0 Å². The Hall–Kier alpha value is -3.88. The molecule has 1 fully saturated rings. The van der Waals surface area contributed by atoms with Gasteiger partial charge in [0.1, 0.15) is 17.9 Å². The summed E-state index contributed by atoms with van der Waals surface area (Å²) in [4.78, 5) is 43.4. The largest absolute Gasteiger partial charge is 0.489 e. The molecule has 4 atom stereocenters. The number of rotatable bonds is 6. The highest BCUT2D eigenvalue weighted by Crippen LogP contribution is 2.43. The molecule has 3 aromatic carbocycles. The monoisotopic (exact) mass is 561 g/mol. The Bertz CT molecular complexity index is 1410. The Morgan fingerprint density at radius 3 is 2.27 bits per heavy atom. The zero-order valence-corrected chi connectivity index (χ0v) is 23.4. The van der Waals surface area contributed by atoms with Gasteiger partial charge in [-0.3, -0.25) is 19.3 Å². The van der Waals surface area contributed by atoms with Crippen molar-refractivity contribution < 1.29 is 24.2 Å². The summed E-state index contributed by atoms with van der Waals surface area (Å²) in [5, 5.41) is 9.95. The molecule has 9 heteroatoms. The van der Waals surface area contributed by atoms with Gasteiger partial charge in [0.15, 0.2) is 0 Å². The fourth-order valence-corrected chi connectivity index (χ4v) is 5.98. The number of amides is 2. The zero-order chi connectivity index (χ0) is 28.6. The molecule has 0 aliphatic carbocycles. The van der Waals surface area contributed by atoms with E-state index in [0.29, 0.717) is 35.7 Å². The van der Waals surface area contributed by atoms with Gasteiger partial charge in [-0.2, -0.15) is 0 Å². The summed E-state index contributed by atoms with van der Waals surface area (Å²) < 4.78 is 6.02. The van der Waals surface area contributed by atoms with Crippen LogP contribution in [-0.4, -0.2) is 59.6 Å². The van der Waals surface area contributed by atoms with E-state index >= 15 is 0 Å². The maximum Gasteiger partial charge on any atom is 0.321 e. The molecule has 1 N–H and O–H groups in total. The molecule has 3 aromatic rings. The maximum atomic E-state index is 13.8. The fraction of sp³-hybridized carbons (Fsp3) is 0.323. The van der Waals surface area contributed by atoms with Crippen molar-refractivity contribution >= 4 is 40.8 Å². The molecule has 2 heterocycles. The first kappa shape index (κ1) is 27.7. The lowest BCUT2D eigenvalue weighted by Gasteiger charge is -2.43. The molecule has 2 amide bonds. The number of carboxylic acid groups (broad SMARTS) is 1. The van der Waals surface area contributed by atoms with Gasteiger partial charge in [0.05, 0.1) is 6.04 Å². The van der Waals surface area contributed by atoms with Gasteiger partial charge < -0.3 is 19.6 Å². The highest BCUT2D eigenvalue weighted by atomic mass is 35.5. The summed E-state index contributed by atoms with van der Waals surface area (Å²) in [6, 6.07) is 20.9. The maximum absolute atomic E-state index is 13.8. The third-order valence-electron chi connectivity index (χ3n) is 7.73. The van der Waals surface area contributed by atoms with Crippen LogP contribution < -0.4 is 14.5 Å². The van der Waals surface area contributed by atoms with E-state index in [2.05, 4.69) is 0 Å². The summed E-state index contributed by atoms with van der Waals surface area (Å²) in [5.74, 6) is -0.495. The second-order valence-corrected chi connectivity index (χ2v) is 10.9. The fourth-order valence-electron chi connectivity index (χ4n) is 5.85. The van der Waals surface area contributed by atoms with Gasteiger partial charge in [-0.15, -0.1) is 0 Å². The minimum atomic E-state index is -0.854. The Morgan fingerprint density at radius 1 is 0.975 bits per heavy atom. The quantitative estimate of drug-likeness (QED) is 0.433. The number of carbonyl (C=O) groups excluding carboxylic acids is 2. The summed E-state index contributed by atoms with van der Waals surface area (Å²) >= 11 is 6.09. The van der Waals surface area contributed by atoms with Gasteiger partial charge in [-0.1, -0.05) is 29.8 Å². The number of para-hydroxylation sites is 1. The van der Waals surface area contributed by atoms with E-state index in [1.54, 1.807) is 65.1 Å². The number of anilines is 2. The van der Waals surface area contributed by atoms with Crippen molar-refractivity contribution in [2.75, 3.05) is 23.4 Å². The number of hydrogen-bond donors (Lipinski definition) is 1. The zero-order valence-electron chi connectivity index (χ0n) is 22.7. The third kappa shape index (κ3) is 5.42. The van der Waals surface area contributed by atoms with E-state index in [4.69, 9.17) is 16.3 Å². The van der Waals surface area contributed by atoms with E-state index in [-0.39, 0.29) is 30.0 Å². The number of likely N-dealkylation sites (N-methyl/N-ethyl adjacent to an activating group) is 1. The average Bonchev–Trinajstić information content (AvgIpc) is 3.30. The first-order valence-corrected chi connectivity index (χ1v) is 13.7. The molecule has 1 saturated heterocycles.